The Morgan fingerprint density at radius 3 is 2.56 bits per heavy atom. The van der Waals surface area contributed by atoms with E-state index in [9.17, 15) is 9.59 Å². The maximum atomic E-state index is 12.7. The average Bonchev–Trinajstić information content (AvgIpc) is 2.90. The standard InChI is InChI=1S/C18H26N4O3/c1-18(2,3)15(16(19)24)20-17(25)14-12-8-4-5-9-13(12)22(21-14)10-6-7-11-23/h4-5,8-9,15,23H,6-7,10-11H2,1-3H3,(H2,19,24)(H,20,25)/t15-/m1/s1. The second-order valence-corrected chi connectivity index (χ2v) is 7.19. The van der Waals surface area contributed by atoms with Gasteiger partial charge in [0.15, 0.2) is 5.69 Å². The Morgan fingerprint density at radius 1 is 1.28 bits per heavy atom. The van der Waals surface area contributed by atoms with E-state index in [0.717, 1.165) is 17.3 Å². The van der Waals surface area contributed by atoms with Crippen LogP contribution in [-0.2, 0) is 11.3 Å². The number of amides is 2. The first kappa shape index (κ1) is 18.9. The summed E-state index contributed by atoms with van der Waals surface area (Å²) in [6.07, 6.45) is 1.43. The monoisotopic (exact) mass is 346 g/mol. The van der Waals surface area contributed by atoms with Crippen LogP contribution >= 0.6 is 0 Å². The number of aliphatic hydroxyl groups excluding tert-OH is 1. The molecule has 1 heterocycles. The molecule has 7 nitrogen and oxygen atoms in total. The molecule has 0 unspecified atom stereocenters. The largest absolute Gasteiger partial charge is 0.396 e. The smallest absolute Gasteiger partial charge is 0.273 e. The molecular formula is C18H26N4O3. The lowest BCUT2D eigenvalue weighted by molar-refractivity contribution is -0.122. The first-order valence-corrected chi connectivity index (χ1v) is 8.42. The fourth-order valence-electron chi connectivity index (χ4n) is 2.75. The number of aromatic nitrogens is 2. The molecule has 1 atom stereocenters. The van der Waals surface area contributed by atoms with E-state index in [0.29, 0.717) is 13.0 Å². The van der Waals surface area contributed by atoms with Crippen molar-refractivity contribution >= 4 is 22.7 Å². The molecule has 25 heavy (non-hydrogen) atoms. The second-order valence-electron chi connectivity index (χ2n) is 7.19. The topological polar surface area (TPSA) is 110 Å². The van der Waals surface area contributed by atoms with Crippen molar-refractivity contribution in [3.05, 3.63) is 30.0 Å². The van der Waals surface area contributed by atoms with Crippen molar-refractivity contribution in [1.82, 2.24) is 15.1 Å². The van der Waals surface area contributed by atoms with E-state index in [-0.39, 0.29) is 12.3 Å². The number of carbonyl (C=O) groups is 2. The number of aliphatic hydroxyl groups is 1. The van der Waals surface area contributed by atoms with Crippen LogP contribution in [0.5, 0.6) is 0 Å². The lowest BCUT2D eigenvalue weighted by atomic mass is 9.86. The third kappa shape index (κ3) is 4.36. The Morgan fingerprint density at radius 2 is 1.96 bits per heavy atom. The third-order valence-electron chi connectivity index (χ3n) is 4.08. The molecule has 1 aromatic carbocycles. The van der Waals surface area contributed by atoms with Gasteiger partial charge in [-0.2, -0.15) is 5.10 Å². The zero-order valence-corrected chi connectivity index (χ0v) is 15.0. The van der Waals surface area contributed by atoms with Crippen molar-refractivity contribution in [2.75, 3.05) is 6.61 Å². The van der Waals surface area contributed by atoms with Crippen LogP contribution in [0.15, 0.2) is 24.3 Å². The number of nitrogens with two attached hydrogens (primary N) is 1. The number of fused-ring (bicyclic) bond motifs is 1. The number of carbonyl (C=O) groups excluding carboxylic acids is 2. The van der Waals surface area contributed by atoms with Gasteiger partial charge in [0.05, 0.1) is 5.52 Å². The highest BCUT2D eigenvalue weighted by Gasteiger charge is 2.32. The molecule has 0 saturated carbocycles. The van der Waals surface area contributed by atoms with Gasteiger partial charge < -0.3 is 16.2 Å². The van der Waals surface area contributed by atoms with E-state index in [1.807, 2.05) is 45.0 Å². The SMILES string of the molecule is CC(C)(C)[C@H](NC(=O)c1nn(CCCCO)c2ccccc12)C(N)=O. The van der Waals surface area contributed by atoms with E-state index < -0.39 is 23.3 Å². The number of hydrogen-bond donors (Lipinski definition) is 3. The van der Waals surface area contributed by atoms with Gasteiger partial charge >= 0.3 is 0 Å². The van der Waals surface area contributed by atoms with Gasteiger partial charge in [0.2, 0.25) is 5.91 Å². The molecule has 4 N–H and O–H groups in total. The summed E-state index contributed by atoms with van der Waals surface area (Å²) < 4.78 is 1.76. The van der Waals surface area contributed by atoms with Gasteiger partial charge in [-0.3, -0.25) is 14.3 Å². The number of unbranched alkanes of at least 4 members (excludes halogenated alkanes) is 1. The number of primary amides is 1. The lowest BCUT2D eigenvalue weighted by Gasteiger charge is -2.28. The predicted molar refractivity (Wildman–Crippen MR) is 96.0 cm³/mol. The number of para-hydroxylation sites is 1. The van der Waals surface area contributed by atoms with Crippen molar-refractivity contribution in [1.29, 1.82) is 0 Å². The normalized spacial score (nSPS) is 13.0. The summed E-state index contributed by atoms with van der Waals surface area (Å²) in [6.45, 7) is 6.25. The van der Waals surface area contributed by atoms with E-state index >= 15 is 0 Å². The summed E-state index contributed by atoms with van der Waals surface area (Å²) in [5, 5.41) is 16.8. The number of rotatable bonds is 7. The van der Waals surface area contributed by atoms with Gasteiger partial charge in [0.25, 0.3) is 5.91 Å². The van der Waals surface area contributed by atoms with Gasteiger partial charge in [0, 0.05) is 18.5 Å². The maximum absolute atomic E-state index is 12.7. The minimum absolute atomic E-state index is 0.123. The Labute approximate surface area is 147 Å². The first-order chi connectivity index (χ1) is 11.8. The molecule has 0 bridgehead atoms. The van der Waals surface area contributed by atoms with Crippen LogP contribution in [0.25, 0.3) is 10.9 Å². The highest BCUT2D eigenvalue weighted by Crippen LogP contribution is 2.22. The molecule has 0 fully saturated rings. The highest BCUT2D eigenvalue weighted by molar-refractivity contribution is 6.06. The molecule has 136 valence electrons. The molecule has 0 radical (unpaired) electrons. The molecule has 2 rings (SSSR count). The average molecular weight is 346 g/mol. The van der Waals surface area contributed by atoms with Crippen LogP contribution in [0.1, 0.15) is 44.1 Å². The first-order valence-electron chi connectivity index (χ1n) is 8.42. The molecule has 1 aromatic heterocycles. The molecule has 0 aliphatic heterocycles. The zero-order valence-electron chi connectivity index (χ0n) is 15.0. The van der Waals surface area contributed by atoms with Gasteiger partial charge in [-0.15, -0.1) is 0 Å². The van der Waals surface area contributed by atoms with Crippen molar-refractivity contribution in [3.8, 4) is 0 Å². The molecule has 7 heteroatoms. The summed E-state index contributed by atoms with van der Waals surface area (Å²) in [5.74, 6) is -0.997. The van der Waals surface area contributed by atoms with Crippen molar-refractivity contribution in [2.24, 2.45) is 11.1 Å². The van der Waals surface area contributed by atoms with Crippen LogP contribution in [0.4, 0.5) is 0 Å². The molecule has 0 aliphatic carbocycles. The molecule has 0 saturated heterocycles. The van der Waals surface area contributed by atoms with Crippen LogP contribution in [0.2, 0.25) is 0 Å². The summed E-state index contributed by atoms with van der Waals surface area (Å²) >= 11 is 0. The van der Waals surface area contributed by atoms with Gasteiger partial charge in [-0.1, -0.05) is 39.0 Å². The minimum Gasteiger partial charge on any atom is -0.396 e. The zero-order chi connectivity index (χ0) is 18.6. The summed E-state index contributed by atoms with van der Waals surface area (Å²) in [6, 6.07) is 6.66. The van der Waals surface area contributed by atoms with Gasteiger partial charge in [-0.25, -0.2) is 0 Å². The van der Waals surface area contributed by atoms with Crippen LogP contribution in [0.3, 0.4) is 0 Å². The van der Waals surface area contributed by atoms with E-state index in [1.54, 1.807) is 4.68 Å². The summed E-state index contributed by atoms with van der Waals surface area (Å²) in [4.78, 5) is 24.4. The Kier molecular flexibility index (Phi) is 5.79. The minimum atomic E-state index is -0.793. The van der Waals surface area contributed by atoms with Crippen LogP contribution in [-0.4, -0.2) is 39.4 Å². The molecule has 0 spiro atoms. The second kappa shape index (κ2) is 7.65. The number of aryl methyl sites for hydroxylation is 1. The summed E-state index contributed by atoms with van der Waals surface area (Å²) in [5.41, 5.74) is 6.06. The maximum Gasteiger partial charge on any atom is 0.273 e. The fourth-order valence-corrected chi connectivity index (χ4v) is 2.75. The molecule has 2 aromatic rings. The number of benzene rings is 1. The van der Waals surface area contributed by atoms with Crippen molar-refractivity contribution < 1.29 is 14.7 Å². The van der Waals surface area contributed by atoms with Crippen LogP contribution in [0, 0.1) is 5.41 Å². The van der Waals surface area contributed by atoms with Gasteiger partial charge in [-0.05, 0) is 24.3 Å². The molecule has 0 aliphatic rings. The Hall–Kier alpha value is -2.41. The molecular weight excluding hydrogens is 320 g/mol. The van der Waals surface area contributed by atoms with E-state index in [4.69, 9.17) is 10.8 Å². The van der Waals surface area contributed by atoms with Crippen molar-refractivity contribution in [3.63, 3.8) is 0 Å². The van der Waals surface area contributed by atoms with Crippen LogP contribution < -0.4 is 11.1 Å². The fraction of sp³-hybridized carbons (Fsp3) is 0.500. The van der Waals surface area contributed by atoms with Gasteiger partial charge in [0.1, 0.15) is 6.04 Å². The summed E-state index contributed by atoms with van der Waals surface area (Å²) in [7, 11) is 0. The Balaban J connectivity index is 2.33. The molecule has 2 amide bonds. The number of hydrogen-bond acceptors (Lipinski definition) is 4. The number of nitrogens with one attached hydrogen (secondary N) is 1. The van der Waals surface area contributed by atoms with Crippen molar-refractivity contribution in [2.45, 2.75) is 46.2 Å². The van der Waals surface area contributed by atoms with E-state index in [2.05, 4.69) is 10.4 Å². The quantitative estimate of drug-likeness (QED) is 0.659. The third-order valence-corrected chi connectivity index (χ3v) is 4.08. The number of nitrogens with zero attached hydrogens (tertiary/aromatic N) is 2. The highest BCUT2D eigenvalue weighted by atomic mass is 16.3. The van der Waals surface area contributed by atoms with E-state index in [1.165, 1.54) is 0 Å². The predicted octanol–water partition coefficient (Wildman–Crippen LogP) is 1.44. The lowest BCUT2D eigenvalue weighted by Crippen LogP contribution is -2.52. The Bertz CT molecular complexity index is 761.